The molecule has 1 unspecified atom stereocenters. The predicted molar refractivity (Wildman–Crippen MR) is 120 cm³/mol. The Morgan fingerprint density at radius 3 is 2.31 bits per heavy atom. The molecular formula is C22H27N3O3S. The first-order valence-corrected chi connectivity index (χ1v) is 9.99. The van der Waals surface area contributed by atoms with Crippen LogP contribution >= 0.6 is 12.2 Å². The van der Waals surface area contributed by atoms with Crippen LogP contribution in [0.25, 0.3) is 0 Å². The van der Waals surface area contributed by atoms with Gasteiger partial charge in [-0.15, -0.1) is 0 Å². The number of amides is 2. The fraction of sp³-hybridized carbons (Fsp3) is 0.318. The lowest BCUT2D eigenvalue weighted by atomic mass is 10.1. The average Bonchev–Trinajstić information content (AvgIpc) is 2.67. The first kappa shape index (κ1) is 22.4. The fourth-order valence-electron chi connectivity index (χ4n) is 2.47. The Labute approximate surface area is 177 Å². The van der Waals surface area contributed by atoms with E-state index in [9.17, 15) is 9.59 Å². The van der Waals surface area contributed by atoms with Gasteiger partial charge in [0.05, 0.1) is 6.10 Å². The number of hydrogen-bond donors (Lipinski definition) is 3. The molecule has 0 aliphatic heterocycles. The number of hydrogen-bond acceptors (Lipinski definition) is 4. The Morgan fingerprint density at radius 1 is 1.00 bits per heavy atom. The molecule has 6 nitrogen and oxygen atoms in total. The van der Waals surface area contributed by atoms with Gasteiger partial charge in [-0.1, -0.05) is 19.1 Å². The molecule has 0 saturated carbocycles. The second kappa shape index (κ2) is 10.6. The van der Waals surface area contributed by atoms with Gasteiger partial charge in [0.15, 0.2) is 5.11 Å². The quantitative estimate of drug-likeness (QED) is 0.595. The minimum Gasteiger partial charge on any atom is -0.491 e. The predicted octanol–water partition coefficient (Wildman–Crippen LogP) is 4.13. The van der Waals surface area contributed by atoms with Gasteiger partial charge in [-0.05, 0) is 75.8 Å². The minimum absolute atomic E-state index is 0.0147. The Hall–Kier alpha value is -2.93. The van der Waals surface area contributed by atoms with Crippen molar-refractivity contribution in [1.82, 2.24) is 10.6 Å². The number of rotatable bonds is 7. The largest absolute Gasteiger partial charge is 0.491 e. The Kier molecular flexibility index (Phi) is 8.15. The molecule has 29 heavy (non-hydrogen) atoms. The molecule has 1 atom stereocenters. The maximum atomic E-state index is 12.5. The van der Waals surface area contributed by atoms with E-state index in [1.165, 1.54) is 0 Å². The first-order chi connectivity index (χ1) is 13.8. The Bertz CT molecular complexity index is 883. The van der Waals surface area contributed by atoms with Gasteiger partial charge < -0.3 is 15.4 Å². The molecule has 2 rings (SSSR count). The van der Waals surface area contributed by atoms with Gasteiger partial charge in [0.1, 0.15) is 5.75 Å². The van der Waals surface area contributed by atoms with Crippen LogP contribution in [0.2, 0.25) is 0 Å². The van der Waals surface area contributed by atoms with Crippen LogP contribution in [0.5, 0.6) is 5.75 Å². The van der Waals surface area contributed by atoms with E-state index in [-0.39, 0.29) is 29.1 Å². The van der Waals surface area contributed by atoms with E-state index in [2.05, 4.69) is 16.0 Å². The van der Waals surface area contributed by atoms with E-state index >= 15 is 0 Å². The number of carbonyl (C=O) groups is 2. The molecule has 2 amide bonds. The molecule has 2 aromatic rings. The zero-order valence-corrected chi connectivity index (χ0v) is 17.9. The summed E-state index contributed by atoms with van der Waals surface area (Å²) in [4.78, 5) is 24.7. The molecule has 0 radical (unpaired) electrons. The van der Waals surface area contributed by atoms with E-state index < -0.39 is 0 Å². The minimum atomic E-state index is -0.345. The smallest absolute Gasteiger partial charge is 0.257 e. The van der Waals surface area contributed by atoms with Gasteiger partial charge in [0.2, 0.25) is 0 Å². The van der Waals surface area contributed by atoms with E-state index in [0.29, 0.717) is 22.6 Å². The highest BCUT2D eigenvalue weighted by atomic mass is 32.1. The van der Waals surface area contributed by atoms with Crippen molar-refractivity contribution in [2.45, 2.75) is 46.3 Å². The van der Waals surface area contributed by atoms with Crippen molar-refractivity contribution in [1.29, 1.82) is 0 Å². The number of carbonyl (C=O) groups excluding carboxylic acids is 2. The molecule has 0 aliphatic carbocycles. The topological polar surface area (TPSA) is 79.5 Å². The Balaban J connectivity index is 1.99. The second-order valence-electron chi connectivity index (χ2n) is 6.97. The standard InChI is InChI=1S/C22H27N3O3S/c1-5-15(4)23-20(26)16-8-6-10-18(12-16)24-22(29)25-21(27)17-9-7-11-19(13-17)28-14(2)3/h6-15H,5H2,1-4H3,(H,23,26)(H2,24,25,27,29). The molecule has 0 heterocycles. The van der Waals surface area contributed by atoms with Crippen LogP contribution in [0.3, 0.4) is 0 Å². The molecule has 0 aliphatic rings. The second-order valence-corrected chi connectivity index (χ2v) is 7.37. The first-order valence-electron chi connectivity index (χ1n) is 9.58. The zero-order valence-electron chi connectivity index (χ0n) is 17.1. The normalized spacial score (nSPS) is 11.5. The number of thiocarbonyl (C=S) groups is 1. The lowest BCUT2D eigenvalue weighted by molar-refractivity contribution is 0.0937. The third-order valence-electron chi connectivity index (χ3n) is 4.07. The summed E-state index contributed by atoms with van der Waals surface area (Å²) in [7, 11) is 0. The molecule has 7 heteroatoms. The molecule has 0 spiro atoms. The van der Waals surface area contributed by atoms with Crippen molar-refractivity contribution in [3.05, 3.63) is 59.7 Å². The third-order valence-corrected chi connectivity index (χ3v) is 4.27. The molecule has 0 saturated heterocycles. The van der Waals surface area contributed by atoms with Gasteiger partial charge in [0, 0.05) is 22.9 Å². The highest BCUT2D eigenvalue weighted by Gasteiger charge is 2.12. The number of ether oxygens (including phenoxy) is 1. The third kappa shape index (κ3) is 7.19. The summed E-state index contributed by atoms with van der Waals surface area (Å²) in [6.45, 7) is 7.80. The van der Waals surface area contributed by atoms with Crippen molar-refractivity contribution in [3.63, 3.8) is 0 Å². The summed E-state index contributed by atoms with van der Waals surface area (Å²) in [6.07, 6.45) is 0.865. The molecule has 3 N–H and O–H groups in total. The van der Waals surface area contributed by atoms with Gasteiger partial charge >= 0.3 is 0 Å². The molecule has 0 fully saturated rings. The monoisotopic (exact) mass is 413 g/mol. The molecule has 0 aromatic heterocycles. The summed E-state index contributed by atoms with van der Waals surface area (Å²) in [5.74, 6) is 0.119. The lowest BCUT2D eigenvalue weighted by Crippen LogP contribution is -2.34. The van der Waals surface area contributed by atoms with Gasteiger partial charge in [-0.3, -0.25) is 14.9 Å². The van der Waals surface area contributed by atoms with Crippen LogP contribution < -0.4 is 20.7 Å². The maximum absolute atomic E-state index is 12.5. The summed E-state index contributed by atoms with van der Waals surface area (Å²) >= 11 is 5.24. The summed E-state index contributed by atoms with van der Waals surface area (Å²) in [5, 5.41) is 8.64. The maximum Gasteiger partial charge on any atom is 0.257 e. The van der Waals surface area contributed by atoms with Crippen LogP contribution in [0, 0.1) is 0 Å². The van der Waals surface area contributed by atoms with Crippen LogP contribution in [-0.2, 0) is 0 Å². The van der Waals surface area contributed by atoms with E-state index in [1.807, 2.05) is 27.7 Å². The van der Waals surface area contributed by atoms with Gasteiger partial charge in [-0.2, -0.15) is 0 Å². The molecule has 154 valence electrons. The average molecular weight is 414 g/mol. The van der Waals surface area contributed by atoms with E-state index in [0.717, 1.165) is 6.42 Å². The van der Waals surface area contributed by atoms with Gasteiger partial charge in [0.25, 0.3) is 11.8 Å². The van der Waals surface area contributed by atoms with Crippen LogP contribution in [0.15, 0.2) is 48.5 Å². The van der Waals surface area contributed by atoms with E-state index in [4.69, 9.17) is 17.0 Å². The lowest BCUT2D eigenvalue weighted by Gasteiger charge is -2.14. The van der Waals surface area contributed by atoms with Crippen molar-refractivity contribution in [3.8, 4) is 5.75 Å². The highest BCUT2D eigenvalue weighted by molar-refractivity contribution is 7.80. The van der Waals surface area contributed by atoms with Crippen molar-refractivity contribution in [2.24, 2.45) is 0 Å². The molecule has 2 aromatic carbocycles. The SMILES string of the molecule is CCC(C)NC(=O)c1cccc(NC(=S)NC(=O)c2cccc(OC(C)C)c2)c1. The summed E-state index contributed by atoms with van der Waals surface area (Å²) in [6, 6.07) is 13.9. The highest BCUT2D eigenvalue weighted by Crippen LogP contribution is 2.15. The number of benzene rings is 2. The summed E-state index contributed by atoms with van der Waals surface area (Å²) < 4.78 is 5.61. The number of anilines is 1. The number of nitrogens with one attached hydrogen (secondary N) is 3. The van der Waals surface area contributed by atoms with Crippen molar-refractivity contribution in [2.75, 3.05) is 5.32 Å². The summed E-state index contributed by atoms with van der Waals surface area (Å²) in [5.41, 5.74) is 1.57. The Morgan fingerprint density at radius 2 is 1.66 bits per heavy atom. The van der Waals surface area contributed by atoms with Gasteiger partial charge in [-0.25, -0.2) is 0 Å². The molecular weight excluding hydrogens is 386 g/mol. The van der Waals surface area contributed by atoms with E-state index in [1.54, 1.807) is 48.5 Å². The van der Waals surface area contributed by atoms with Crippen molar-refractivity contribution >= 4 is 34.8 Å². The van der Waals surface area contributed by atoms with Crippen molar-refractivity contribution < 1.29 is 14.3 Å². The molecule has 0 bridgehead atoms. The zero-order chi connectivity index (χ0) is 21.4. The van der Waals surface area contributed by atoms with Crippen LogP contribution in [-0.4, -0.2) is 29.1 Å². The fourth-order valence-corrected chi connectivity index (χ4v) is 2.68. The van der Waals surface area contributed by atoms with Crippen LogP contribution in [0.4, 0.5) is 5.69 Å². The van der Waals surface area contributed by atoms with Crippen LogP contribution in [0.1, 0.15) is 54.8 Å².